The maximum Gasteiger partial charge on any atom is 0.246 e. The monoisotopic (exact) mass is 318 g/mol. The lowest BCUT2D eigenvalue weighted by molar-refractivity contribution is 0.430. The van der Waals surface area contributed by atoms with Gasteiger partial charge in [-0.3, -0.25) is 0 Å². The highest BCUT2D eigenvalue weighted by atomic mass is 32.2. The van der Waals surface area contributed by atoms with Crippen molar-refractivity contribution in [3.63, 3.8) is 0 Å². The normalized spacial score (nSPS) is 17.9. The summed E-state index contributed by atoms with van der Waals surface area (Å²) in [5.74, 6) is 1.04. The third kappa shape index (κ3) is 3.52. The van der Waals surface area contributed by atoms with Gasteiger partial charge in [-0.1, -0.05) is 6.07 Å². The summed E-state index contributed by atoms with van der Waals surface area (Å²) in [5.41, 5.74) is 0.732. The van der Waals surface area contributed by atoms with Gasteiger partial charge in [-0.05, 0) is 36.9 Å². The molecule has 112 valence electrons. The van der Waals surface area contributed by atoms with Crippen LogP contribution in [0.4, 0.5) is 4.39 Å². The first-order valence-electron chi connectivity index (χ1n) is 6.56. The topological polar surface area (TPSA) is 49.4 Å². The average molecular weight is 318 g/mol. The number of nitrogens with one attached hydrogen (secondary N) is 1. The first kappa shape index (κ1) is 15.8. The molecule has 1 aromatic carbocycles. The van der Waals surface area contributed by atoms with Gasteiger partial charge in [0.2, 0.25) is 10.0 Å². The van der Waals surface area contributed by atoms with E-state index in [4.69, 9.17) is 0 Å². The molecule has 20 heavy (non-hydrogen) atoms. The predicted molar refractivity (Wildman–Crippen MR) is 79.9 cm³/mol. The molecule has 1 N–H and O–H groups in total. The van der Waals surface area contributed by atoms with Crippen LogP contribution in [-0.2, 0) is 16.6 Å². The summed E-state index contributed by atoms with van der Waals surface area (Å²) in [7, 11) is -1.96. The number of halogens is 1. The van der Waals surface area contributed by atoms with Crippen molar-refractivity contribution < 1.29 is 12.8 Å². The molecule has 1 saturated heterocycles. The minimum absolute atomic E-state index is 0.218. The summed E-state index contributed by atoms with van der Waals surface area (Å²) in [4.78, 5) is -0.218. The molecule has 0 aromatic heterocycles. The number of hydrogen-bond donors (Lipinski definition) is 1. The number of rotatable bonds is 4. The Hall–Kier alpha value is -0.630. The van der Waals surface area contributed by atoms with Gasteiger partial charge in [0.05, 0.1) is 0 Å². The predicted octanol–water partition coefficient (Wildman–Crippen LogP) is 1.67. The molecule has 0 radical (unpaired) electrons. The molecule has 0 unspecified atom stereocenters. The smallest absolute Gasteiger partial charge is 0.246 e. The lowest BCUT2D eigenvalue weighted by Crippen LogP contribution is -2.33. The summed E-state index contributed by atoms with van der Waals surface area (Å²) < 4.78 is 40.5. The molecule has 1 aliphatic heterocycles. The number of hydrogen-bond acceptors (Lipinski definition) is 4. The van der Waals surface area contributed by atoms with E-state index in [1.807, 2.05) is 0 Å². The van der Waals surface area contributed by atoms with Crippen LogP contribution in [0, 0.1) is 5.82 Å². The van der Waals surface area contributed by atoms with Crippen molar-refractivity contribution in [2.24, 2.45) is 0 Å². The zero-order chi connectivity index (χ0) is 14.6. The van der Waals surface area contributed by atoms with Crippen LogP contribution in [0.2, 0.25) is 0 Å². The van der Waals surface area contributed by atoms with E-state index in [-0.39, 0.29) is 4.90 Å². The van der Waals surface area contributed by atoms with Crippen LogP contribution in [0.5, 0.6) is 0 Å². The van der Waals surface area contributed by atoms with E-state index in [1.165, 1.54) is 16.4 Å². The molecule has 0 atom stereocenters. The second kappa shape index (κ2) is 6.89. The molecule has 1 heterocycles. The van der Waals surface area contributed by atoms with Gasteiger partial charge in [0, 0.05) is 25.4 Å². The maximum atomic E-state index is 14.1. The van der Waals surface area contributed by atoms with Gasteiger partial charge >= 0.3 is 0 Å². The third-order valence-corrected chi connectivity index (χ3v) is 6.16. The van der Waals surface area contributed by atoms with Crippen LogP contribution in [0.15, 0.2) is 23.1 Å². The summed E-state index contributed by atoms with van der Waals surface area (Å²) in [6.07, 6.45) is 0.809. The fourth-order valence-corrected chi connectivity index (χ4v) is 4.70. The summed E-state index contributed by atoms with van der Waals surface area (Å²) >= 11 is 1.74. The van der Waals surface area contributed by atoms with Gasteiger partial charge in [-0.25, -0.2) is 12.8 Å². The van der Waals surface area contributed by atoms with Crippen LogP contribution >= 0.6 is 11.8 Å². The molecular formula is C13H19FN2O2S2. The fraction of sp³-hybridized carbons (Fsp3) is 0.538. The second-order valence-electron chi connectivity index (χ2n) is 4.67. The van der Waals surface area contributed by atoms with Crippen molar-refractivity contribution in [2.75, 3.05) is 31.6 Å². The Morgan fingerprint density at radius 1 is 1.35 bits per heavy atom. The van der Waals surface area contributed by atoms with Crippen molar-refractivity contribution in [2.45, 2.75) is 17.9 Å². The zero-order valence-electron chi connectivity index (χ0n) is 11.4. The highest BCUT2D eigenvalue weighted by molar-refractivity contribution is 7.99. The largest absolute Gasteiger partial charge is 0.316 e. The van der Waals surface area contributed by atoms with Crippen molar-refractivity contribution in [3.05, 3.63) is 29.6 Å². The molecule has 1 aromatic rings. The van der Waals surface area contributed by atoms with Crippen LogP contribution in [-0.4, -0.2) is 44.4 Å². The van der Waals surface area contributed by atoms with Crippen LogP contribution in [0.25, 0.3) is 0 Å². The standard InChI is InChI=1S/C13H19FN2O2S2/c1-15-10-11-3-4-13(12(14)9-11)20(17,18)16-5-2-7-19-8-6-16/h3-4,9,15H,2,5-8,10H2,1H3. The van der Waals surface area contributed by atoms with E-state index < -0.39 is 15.8 Å². The van der Waals surface area contributed by atoms with Gasteiger partial charge in [-0.15, -0.1) is 0 Å². The molecule has 4 nitrogen and oxygen atoms in total. The Morgan fingerprint density at radius 3 is 2.85 bits per heavy atom. The molecule has 0 aliphatic carbocycles. The highest BCUT2D eigenvalue weighted by Crippen LogP contribution is 2.23. The van der Waals surface area contributed by atoms with Gasteiger partial charge < -0.3 is 5.32 Å². The van der Waals surface area contributed by atoms with Gasteiger partial charge in [0.1, 0.15) is 10.7 Å². The molecular weight excluding hydrogens is 299 g/mol. The molecule has 2 rings (SSSR count). The first-order valence-corrected chi connectivity index (χ1v) is 9.16. The van der Waals surface area contributed by atoms with E-state index in [0.717, 1.165) is 23.5 Å². The number of thioether (sulfide) groups is 1. The minimum atomic E-state index is -3.72. The molecule has 0 saturated carbocycles. The summed E-state index contributed by atoms with van der Waals surface area (Å²) in [5, 5.41) is 2.91. The summed E-state index contributed by atoms with van der Waals surface area (Å²) in [6.45, 7) is 1.43. The van der Waals surface area contributed by atoms with Crippen LogP contribution in [0.1, 0.15) is 12.0 Å². The Bertz CT molecular complexity index is 555. The number of benzene rings is 1. The molecule has 7 heteroatoms. The van der Waals surface area contributed by atoms with Crippen molar-refractivity contribution >= 4 is 21.8 Å². The number of sulfonamides is 1. The molecule has 0 spiro atoms. The molecule has 0 bridgehead atoms. The average Bonchev–Trinajstić information content (AvgIpc) is 2.68. The van der Waals surface area contributed by atoms with Crippen LogP contribution in [0.3, 0.4) is 0 Å². The van der Waals surface area contributed by atoms with Gasteiger partial charge in [-0.2, -0.15) is 16.1 Å². The second-order valence-corrected chi connectivity index (χ2v) is 7.80. The Labute approximate surface area is 123 Å². The molecule has 0 amide bonds. The van der Waals surface area contributed by atoms with E-state index in [0.29, 0.717) is 19.6 Å². The van der Waals surface area contributed by atoms with Gasteiger partial charge in [0.15, 0.2) is 0 Å². The van der Waals surface area contributed by atoms with E-state index >= 15 is 0 Å². The van der Waals surface area contributed by atoms with Crippen molar-refractivity contribution in [1.29, 1.82) is 0 Å². The minimum Gasteiger partial charge on any atom is -0.316 e. The lowest BCUT2D eigenvalue weighted by atomic mass is 10.2. The Morgan fingerprint density at radius 2 is 2.15 bits per heavy atom. The Kier molecular flexibility index (Phi) is 5.42. The van der Waals surface area contributed by atoms with Crippen molar-refractivity contribution in [3.8, 4) is 0 Å². The van der Waals surface area contributed by atoms with E-state index in [1.54, 1.807) is 24.9 Å². The number of nitrogens with zero attached hydrogens (tertiary/aromatic N) is 1. The fourth-order valence-electron chi connectivity index (χ4n) is 2.17. The highest BCUT2D eigenvalue weighted by Gasteiger charge is 2.28. The van der Waals surface area contributed by atoms with Crippen molar-refractivity contribution in [1.82, 2.24) is 9.62 Å². The Balaban J connectivity index is 2.28. The SMILES string of the molecule is CNCc1ccc(S(=O)(=O)N2CCCSCC2)c(F)c1. The van der Waals surface area contributed by atoms with E-state index in [9.17, 15) is 12.8 Å². The molecule has 1 aliphatic rings. The third-order valence-electron chi connectivity index (χ3n) is 3.18. The molecule has 1 fully saturated rings. The van der Waals surface area contributed by atoms with Crippen LogP contribution < -0.4 is 5.32 Å². The maximum absolute atomic E-state index is 14.1. The zero-order valence-corrected chi connectivity index (χ0v) is 13.1. The lowest BCUT2D eigenvalue weighted by Gasteiger charge is -2.20. The van der Waals surface area contributed by atoms with E-state index in [2.05, 4.69) is 5.32 Å². The quantitative estimate of drug-likeness (QED) is 0.917. The first-order chi connectivity index (χ1) is 9.55. The summed E-state index contributed by atoms with van der Waals surface area (Å²) in [6, 6.07) is 4.31. The van der Waals surface area contributed by atoms with Gasteiger partial charge in [0.25, 0.3) is 0 Å².